The number of ketones is 1. The van der Waals surface area contributed by atoms with Gasteiger partial charge in [-0.15, -0.1) is 20.5 Å². The Bertz CT molecular complexity index is 3770. The molecule has 4 N–H and O–H groups in total. The van der Waals surface area contributed by atoms with Crippen LogP contribution >= 0.6 is 0 Å². The Balaban J connectivity index is 0.00000352. The van der Waals surface area contributed by atoms with Gasteiger partial charge >= 0.3 is 118 Å². The Hall–Kier alpha value is -3.83. The number of carbonyl (C=O) groups excluding carboxylic acids is 2. The zero-order valence-corrected chi connectivity index (χ0v) is 50.1. The zero-order chi connectivity index (χ0) is 50.2. The number of Topliss-reactive ketones (excluding diaryl/α,β-unsaturated/α-hetero) is 1. The van der Waals surface area contributed by atoms with E-state index in [1.165, 1.54) is 80.9 Å². The van der Waals surface area contributed by atoms with Crippen LogP contribution < -0.4 is 144 Å². The number of nitrogens with one attached hydrogen (secondary N) is 2. The van der Waals surface area contributed by atoms with E-state index in [1.54, 1.807) is 0 Å². The second-order valence-corrected chi connectivity index (χ2v) is 19.6. The van der Waals surface area contributed by atoms with Crippen molar-refractivity contribution in [3.05, 3.63) is 125 Å². The van der Waals surface area contributed by atoms with Crippen LogP contribution in [0.25, 0.3) is 16.8 Å². The molecule has 1 amide bonds. The van der Waals surface area contributed by atoms with Crippen molar-refractivity contribution in [3.8, 4) is 11.5 Å². The van der Waals surface area contributed by atoms with Gasteiger partial charge in [-0.1, -0.05) is 6.07 Å². The zero-order valence-electron chi connectivity index (χ0n) is 38.9. The average Bonchev–Trinajstić information content (AvgIpc) is 3.28. The molecule has 0 saturated heterocycles. The number of rotatable bonds is 14. The minimum absolute atomic E-state index is 0. The van der Waals surface area contributed by atoms with Crippen molar-refractivity contribution in [1.29, 1.82) is 0 Å². The molecule has 0 radical (unpaired) electrons. The molecule has 356 valence electrons. The van der Waals surface area contributed by atoms with Gasteiger partial charge in [0.15, 0.2) is 0 Å². The molecule has 6 aromatic rings. The number of allylic oxidation sites excluding steroid dienone is 1. The standard InChI is InChI=1S/C41H32N8O16S4.4Na/c1-64-35-20-33(47-49-39-38(69(61,62)63)16-22-15-24(7-10-27(22)40(39)50)43-41(51)21-3-5-23(42)6-4-21)36(65-2)19-32(35)46-45-31-13-12-30(28-11-8-25(17-29(28)31)66(52,53)54)44-48-34-18-26(67(55,56)57)9-14-37(34)68(58,59)60;;;;/h3-20,47H,42H2,1-2H3,(H,43,51)(H,52,53,54)(H,55,56,57)(H,58,59,60)(H,61,62,63);;;;/q;4*+1/p-4. The molecule has 0 aliphatic heterocycles. The van der Waals surface area contributed by atoms with Crippen LogP contribution in [-0.2, 0) is 40.5 Å². The number of nitrogens with zero attached hydrogens (tertiary/aromatic N) is 5. The van der Waals surface area contributed by atoms with E-state index in [9.17, 15) is 61.5 Å². The summed E-state index contributed by atoms with van der Waals surface area (Å²) < 4.78 is 155. The van der Waals surface area contributed by atoms with Crippen LogP contribution in [-0.4, -0.2) is 83.5 Å². The SMILES string of the molecule is COc1cc(NN=C2C(=O)c3ccc(NC(=O)c4ccc(N)cc4)cc3C=C2S(=O)(=O)[O-])c(OC)cc1N=Nc1ccc(N=Nc2cc(S(=O)(=O)[O-])ccc2S(=O)(=O)[O-])c2ccc(S(=O)(=O)[O-])cc12.[Na+].[Na+].[Na+].[Na+]. The Morgan fingerprint density at radius 2 is 1.14 bits per heavy atom. The number of azo groups is 2. The minimum Gasteiger partial charge on any atom is -0.744 e. The minimum atomic E-state index is -5.35. The number of amides is 1. The summed E-state index contributed by atoms with van der Waals surface area (Å²) in [6.07, 6.45) is 0.926. The Kier molecular flexibility index (Phi) is 22.0. The van der Waals surface area contributed by atoms with E-state index >= 15 is 0 Å². The number of ether oxygens (including phenoxy) is 2. The van der Waals surface area contributed by atoms with E-state index in [-0.39, 0.29) is 186 Å². The molecule has 0 bridgehead atoms. The van der Waals surface area contributed by atoms with Crippen LogP contribution in [0.3, 0.4) is 0 Å². The van der Waals surface area contributed by atoms with Crippen LogP contribution in [0.4, 0.5) is 39.8 Å². The van der Waals surface area contributed by atoms with Crippen molar-refractivity contribution >= 4 is 115 Å². The molecule has 6 aromatic carbocycles. The molecule has 0 unspecified atom stereocenters. The van der Waals surface area contributed by atoms with E-state index < -0.39 is 83.2 Å². The van der Waals surface area contributed by atoms with Crippen LogP contribution in [0, 0.1) is 0 Å². The maximum Gasteiger partial charge on any atom is 1.00 e. The second-order valence-electron chi connectivity index (χ2n) is 14.2. The van der Waals surface area contributed by atoms with Crippen LogP contribution in [0.5, 0.6) is 11.5 Å². The molecule has 1 aliphatic rings. The van der Waals surface area contributed by atoms with Gasteiger partial charge in [-0.25, -0.2) is 33.7 Å². The van der Waals surface area contributed by atoms with Crippen molar-refractivity contribution in [2.24, 2.45) is 25.6 Å². The fourth-order valence-corrected chi connectivity index (χ4v) is 8.72. The topological polar surface area (TPSA) is 393 Å². The molecule has 24 nitrogen and oxygen atoms in total. The number of anilines is 3. The van der Waals surface area contributed by atoms with E-state index in [2.05, 4.69) is 36.3 Å². The molecule has 0 aromatic heterocycles. The van der Waals surface area contributed by atoms with Gasteiger partial charge in [0.25, 0.3) is 5.91 Å². The van der Waals surface area contributed by atoms with Crippen molar-refractivity contribution < 1.29 is 189 Å². The summed E-state index contributed by atoms with van der Waals surface area (Å²) in [4.78, 5) is 22.8. The van der Waals surface area contributed by atoms with Gasteiger partial charge in [0, 0.05) is 45.4 Å². The number of hydrogen-bond acceptors (Lipinski definition) is 23. The van der Waals surface area contributed by atoms with Gasteiger partial charge < -0.3 is 38.7 Å². The maximum absolute atomic E-state index is 13.7. The van der Waals surface area contributed by atoms with E-state index in [4.69, 9.17) is 15.2 Å². The first-order valence-corrected chi connectivity index (χ1v) is 24.5. The van der Waals surface area contributed by atoms with E-state index in [1.807, 2.05) is 0 Å². The molecular weight excluding hydrogens is 1080 g/mol. The summed E-state index contributed by atoms with van der Waals surface area (Å²) in [5.74, 6) is -1.64. The van der Waals surface area contributed by atoms with Crippen molar-refractivity contribution in [1.82, 2.24) is 0 Å². The summed E-state index contributed by atoms with van der Waals surface area (Å²) in [5.41, 5.74) is 6.95. The first-order chi connectivity index (χ1) is 32.3. The van der Waals surface area contributed by atoms with Crippen molar-refractivity contribution in [2.75, 3.05) is 30.7 Å². The number of nitrogen functional groups attached to an aromatic ring is 1. The quantitative estimate of drug-likeness (QED) is 0.0300. The first kappa shape index (κ1) is 63.5. The number of nitrogens with two attached hydrogens (primary N) is 1. The van der Waals surface area contributed by atoms with E-state index in [0.29, 0.717) is 23.9 Å². The van der Waals surface area contributed by atoms with Crippen LogP contribution in [0.15, 0.2) is 148 Å². The summed E-state index contributed by atoms with van der Waals surface area (Å²) in [6.45, 7) is 0. The number of hydrogen-bond donors (Lipinski definition) is 3. The number of benzene rings is 6. The van der Waals surface area contributed by atoms with Crippen LogP contribution in [0.2, 0.25) is 0 Å². The third-order valence-corrected chi connectivity index (χ3v) is 13.2. The predicted molar refractivity (Wildman–Crippen MR) is 240 cm³/mol. The molecule has 1 aliphatic carbocycles. The molecule has 0 saturated carbocycles. The molecule has 32 heteroatoms. The Morgan fingerprint density at radius 3 is 1.71 bits per heavy atom. The van der Waals surface area contributed by atoms with E-state index in [0.717, 1.165) is 24.3 Å². The van der Waals surface area contributed by atoms with Gasteiger partial charge in [0.1, 0.15) is 74.7 Å². The summed E-state index contributed by atoms with van der Waals surface area (Å²) in [6, 6.07) is 19.5. The number of hydrazone groups is 1. The van der Waals surface area contributed by atoms with Gasteiger partial charge in [0.2, 0.25) is 5.78 Å². The average molecular weight is 1110 g/mol. The summed E-state index contributed by atoms with van der Waals surface area (Å²) in [5, 5.41) is 22.5. The number of fused-ring (bicyclic) bond motifs is 2. The number of carbonyl (C=O) groups is 2. The predicted octanol–water partition coefficient (Wildman–Crippen LogP) is -6.20. The maximum atomic E-state index is 13.7. The number of methoxy groups -OCH3 is 2. The second kappa shape index (κ2) is 25.3. The largest absolute Gasteiger partial charge is 1.00 e. The third kappa shape index (κ3) is 15.0. The fraction of sp³-hybridized carbons (Fsp3) is 0.0488. The molecule has 0 heterocycles. The molecule has 0 spiro atoms. The van der Waals surface area contributed by atoms with Crippen molar-refractivity contribution in [3.63, 3.8) is 0 Å². The fourth-order valence-electron chi connectivity index (χ4n) is 6.50. The van der Waals surface area contributed by atoms with Gasteiger partial charge in [0.05, 0.1) is 45.2 Å². The molecule has 0 fully saturated rings. The molecule has 7 rings (SSSR count). The van der Waals surface area contributed by atoms with Gasteiger partial charge in [-0.2, -0.15) is 5.10 Å². The van der Waals surface area contributed by atoms with Gasteiger partial charge in [-0.3, -0.25) is 15.0 Å². The monoisotopic (exact) mass is 1110 g/mol. The molecular formula is C41H28N8Na4O16S4. The molecule has 73 heavy (non-hydrogen) atoms. The van der Waals surface area contributed by atoms with Crippen LogP contribution in [0.1, 0.15) is 26.3 Å². The Morgan fingerprint density at radius 1 is 0.575 bits per heavy atom. The van der Waals surface area contributed by atoms with Gasteiger partial charge in [-0.05, 0) is 96.6 Å². The smallest absolute Gasteiger partial charge is 0.744 e. The normalized spacial score (nSPS) is 13.2. The summed E-state index contributed by atoms with van der Waals surface area (Å²) in [7, 11) is -18.4. The first-order valence-electron chi connectivity index (χ1n) is 18.9. The third-order valence-electron chi connectivity index (χ3n) is 9.77. The van der Waals surface area contributed by atoms with Crippen molar-refractivity contribution in [2.45, 2.75) is 14.7 Å². The summed E-state index contributed by atoms with van der Waals surface area (Å²) >= 11 is 0. The Labute approximate surface area is 504 Å². The molecule has 0 atom stereocenters.